The highest BCUT2D eigenvalue weighted by molar-refractivity contribution is 7.80. The number of hydrogen-bond donors (Lipinski definition) is 2. The van der Waals surface area contributed by atoms with Crippen LogP contribution >= 0.6 is 12.2 Å². The molecule has 0 fully saturated rings. The van der Waals surface area contributed by atoms with Crippen molar-refractivity contribution in [1.29, 1.82) is 0 Å². The van der Waals surface area contributed by atoms with Crippen molar-refractivity contribution < 1.29 is 9.47 Å². The molecule has 0 bridgehead atoms. The van der Waals surface area contributed by atoms with Crippen molar-refractivity contribution in [2.45, 2.75) is 6.04 Å². The average molecular weight is 418 g/mol. The zero-order chi connectivity index (χ0) is 20.9. The Bertz CT molecular complexity index is 1050. The van der Waals surface area contributed by atoms with Crippen LogP contribution in [0.2, 0.25) is 0 Å². The van der Waals surface area contributed by atoms with Gasteiger partial charge in [-0.25, -0.2) is 0 Å². The van der Waals surface area contributed by atoms with E-state index in [1.54, 1.807) is 14.2 Å². The topological polar surface area (TPSA) is 45.8 Å². The molecule has 4 rings (SSSR count). The van der Waals surface area contributed by atoms with E-state index < -0.39 is 0 Å². The summed E-state index contributed by atoms with van der Waals surface area (Å²) in [7, 11) is 3.32. The monoisotopic (exact) mass is 417 g/mol. The fourth-order valence-electron chi connectivity index (χ4n) is 3.43. The molecule has 0 saturated carbocycles. The van der Waals surface area contributed by atoms with Crippen LogP contribution in [0.4, 0.5) is 5.69 Å². The highest BCUT2D eigenvalue weighted by Crippen LogP contribution is 2.38. The number of nitrogens with zero attached hydrogens (tertiary/aromatic N) is 1. The lowest BCUT2D eigenvalue weighted by atomic mass is 10.0. The van der Waals surface area contributed by atoms with Crippen molar-refractivity contribution in [3.8, 4) is 11.5 Å². The number of thiocarbonyl (C=S) groups is 1. The summed E-state index contributed by atoms with van der Waals surface area (Å²) >= 11 is 5.76. The van der Waals surface area contributed by atoms with Crippen LogP contribution in [0, 0.1) is 0 Å². The van der Waals surface area contributed by atoms with Crippen LogP contribution in [-0.2, 0) is 0 Å². The van der Waals surface area contributed by atoms with Gasteiger partial charge in [0.05, 0.1) is 19.9 Å². The van der Waals surface area contributed by atoms with E-state index in [-0.39, 0.29) is 6.04 Å². The molecular formula is C24H23N3O2S. The van der Waals surface area contributed by atoms with Gasteiger partial charge in [-0.3, -0.25) is 10.4 Å². The van der Waals surface area contributed by atoms with E-state index >= 15 is 0 Å². The summed E-state index contributed by atoms with van der Waals surface area (Å²) in [4.78, 5) is 0. The summed E-state index contributed by atoms with van der Waals surface area (Å²) in [6.07, 6.45) is 2.14. The Morgan fingerprint density at radius 1 is 0.933 bits per heavy atom. The zero-order valence-electron chi connectivity index (χ0n) is 16.8. The second kappa shape index (κ2) is 8.88. The SMILES string of the molecule is COc1ccc(OC)c([C@H]2C=C(c3ccccc3)NN2C(=S)Nc2ccccc2)c1. The molecule has 1 atom stereocenters. The number of methoxy groups -OCH3 is 2. The maximum atomic E-state index is 5.76. The summed E-state index contributed by atoms with van der Waals surface area (Å²) in [6.45, 7) is 0. The van der Waals surface area contributed by atoms with E-state index in [2.05, 4.69) is 29.0 Å². The lowest BCUT2D eigenvalue weighted by Gasteiger charge is -2.29. The Kier molecular flexibility index (Phi) is 5.86. The number of nitrogens with one attached hydrogen (secondary N) is 2. The summed E-state index contributed by atoms with van der Waals surface area (Å²) in [5.41, 5.74) is 7.39. The largest absolute Gasteiger partial charge is 0.497 e. The van der Waals surface area contributed by atoms with Crippen molar-refractivity contribution in [2.24, 2.45) is 0 Å². The van der Waals surface area contributed by atoms with Crippen molar-refractivity contribution >= 4 is 28.7 Å². The highest BCUT2D eigenvalue weighted by Gasteiger charge is 2.31. The molecule has 1 heterocycles. The summed E-state index contributed by atoms with van der Waals surface area (Å²) in [5, 5.41) is 5.80. The first kappa shape index (κ1) is 19.8. The second-order valence-corrected chi connectivity index (χ2v) is 7.16. The van der Waals surface area contributed by atoms with Crippen LogP contribution in [0.1, 0.15) is 17.2 Å². The predicted molar refractivity (Wildman–Crippen MR) is 124 cm³/mol. The quantitative estimate of drug-likeness (QED) is 0.570. The van der Waals surface area contributed by atoms with E-state index in [1.165, 1.54) is 0 Å². The minimum absolute atomic E-state index is 0.186. The molecule has 2 N–H and O–H groups in total. The number of anilines is 1. The van der Waals surface area contributed by atoms with Crippen molar-refractivity contribution in [1.82, 2.24) is 10.4 Å². The lowest BCUT2D eigenvalue weighted by molar-refractivity contribution is 0.331. The summed E-state index contributed by atoms with van der Waals surface area (Å²) in [5.74, 6) is 1.52. The van der Waals surface area contributed by atoms with Gasteiger partial charge in [0.15, 0.2) is 5.11 Å². The Morgan fingerprint density at radius 3 is 2.30 bits per heavy atom. The van der Waals surface area contributed by atoms with Gasteiger partial charge in [-0.2, -0.15) is 0 Å². The lowest BCUT2D eigenvalue weighted by Crippen LogP contribution is -2.42. The molecule has 5 nitrogen and oxygen atoms in total. The Hall–Kier alpha value is -3.51. The Labute approximate surface area is 181 Å². The third-order valence-electron chi connectivity index (χ3n) is 4.93. The number of rotatable bonds is 5. The van der Waals surface area contributed by atoms with Crippen molar-refractivity contribution in [3.63, 3.8) is 0 Å². The maximum absolute atomic E-state index is 5.76. The summed E-state index contributed by atoms with van der Waals surface area (Å²) < 4.78 is 11.1. The van der Waals surface area contributed by atoms with Crippen LogP contribution in [0.15, 0.2) is 84.9 Å². The summed E-state index contributed by atoms with van der Waals surface area (Å²) in [6, 6.07) is 25.6. The van der Waals surface area contributed by atoms with Gasteiger partial charge < -0.3 is 14.8 Å². The molecule has 0 spiro atoms. The molecule has 152 valence electrons. The first-order valence-corrected chi connectivity index (χ1v) is 10.0. The maximum Gasteiger partial charge on any atom is 0.193 e. The number of ether oxygens (including phenoxy) is 2. The molecule has 6 heteroatoms. The normalized spacial score (nSPS) is 15.2. The smallest absolute Gasteiger partial charge is 0.193 e. The molecule has 3 aromatic carbocycles. The van der Waals surface area contributed by atoms with E-state index in [0.717, 1.165) is 34.0 Å². The number of hydrogen-bond acceptors (Lipinski definition) is 4. The van der Waals surface area contributed by atoms with E-state index in [9.17, 15) is 0 Å². The second-order valence-electron chi connectivity index (χ2n) is 6.78. The first-order valence-electron chi connectivity index (χ1n) is 9.60. The first-order chi connectivity index (χ1) is 14.7. The number of hydrazine groups is 1. The fourth-order valence-corrected chi connectivity index (χ4v) is 3.71. The van der Waals surface area contributed by atoms with Gasteiger partial charge in [-0.15, -0.1) is 0 Å². The van der Waals surface area contributed by atoms with Crippen LogP contribution in [0.25, 0.3) is 5.70 Å². The molecule has 1 aliphatic heterocycles. The third kappa shape index (κ3) is 4.09. The van der Waals surface area contributed by atoms with Gasteiger partial charge in [-0.1, -0.05) is 48.5 Å². The van der Waals surface area contributed by atoms with Crippen LogP contribution in [0.3, 0.4) is 0 Å². The molecule has 30 heavy (non-hydrogen) atoms. The third-order valence-corrected chi connectivity index (χ3v) is 5.23. The van der Waals surface area contributed by atoms with Gasteiger partial charge in [0, 0.05) is 11.3 Å². The number of benzene rings is 3. The van der Waals surface area contributed by atoms with Crippen molar-refractivity contribution in [2.75, 3.05) is 19.5 Å². The standard InChI is InChI=1S/C24H23N3O2S/c1-28-19-13-14-23(29-2)20(15-19)22-16-21(17-9-5-3-6-10-17)26-27(22)24(30)25-18-11-7-4-8-12-18/h3-16,22,26H,1-2H3,(H,25,30)/t22-/m1/s1. The van der Waals surface area contributed by atoms with E-state index in [1.807, 2.05) is 71.7 Å². The fraction of sp³-hybridized carbons (Fsp3) is 0.125. The molecule has 3 aromatic rings. The van der Waals surface area contributed by atoms with Gasteiger partial charge >= 0.3 is 0 Å². The molecule has 0 amide bonds. The van der Waals surface area contributed by atoms with Crippen LogP contribution in [0.5, 0.6) is 11.5 Å². The minimum atomic E-state index is -0.186. The average Bonchev–Trinajstić information content (AvgIpc) is 3.25. The molecule has 0 aromatic heterocycles. The minimum Gasteiger partial charge on any atom is -0.497 e. The van der Waals surface area contributed by atoms with E-state index in [4.69, 9.17) is 21.7 Å². The van der Waals surface area contributed by atoms with Gasteiger partial charge in [0.2, 0.25) is 0 Å². The predicted octanol–water partition coefficient (Wildman–Crippen LogP) is 5.00. The molecule has 0 aliphatic carbocycles. The molecule has 0 radical (unpaired) electrons. The molecule has 0 unspecified atom stereocenters. The molecular weight excluding hydrogens is 394 g/mol. The van der Waals surface area contributed by atoms with Crippen molar-refractivity contribution in [3.05, 3.63) is 96.1 Å². The van der Waals surface area contributed by atoms with Gasteiger partial charge in [0.25, 0.3) is 0 Å². The van der Waals surface area contributed by atoms with Gasteiger partial charge in [0.1, 0.15) is 17.5 Å². The van der Waals surface area contributed by atoms with Crippen LogP contribution in [-0.4, -0.2) is 24.3 Å². The molecule has 0 saturated heterocycles. The highest BCUT2D eigenvalue weighted by atomic mass is 32.1. The Morgan fingerprint density at radius 2 is 1.63 bits per heavy atom. The molecule has 1 aliphatic rings. The van der Waals surface area contributed by atoms with Crippen LogP contribution < -0.4 is 20.2 Å². The zero-order valence-corrected chi connectivity index (χ0v) is 17.6. The Balaban J connectivity index is 1.72. The number of para-hydroxylation sites is 1. The van der Waals surface area contributed by atoms with E-state index in [0.29, 0.717) is 5.11 Å². The van der Waals surface area contributed by atoms with Gasteiger partial charge in [-0.05, 0) is 54.2 Å².